The van der Waals surface area contributed by atoms with Crippen LogP contribution in [0.1, 0.15) is 51.8 Å². The lowest BCUT2D eigenvalue weighted by Gasteiger charge is -2.39. The molecule has 2 aliphatic heterocycles. The number of benzene rings is 1. The number of carbonyl (C=O) groups excluding carboxylic acids is 1. The van der Waals surface area contributed by atoms with Crippen LogP contribution in [0.2, 0.25) is 0 Å². The van der Waals surface area contributed by atoms with Gasteiger partial charge in [0.05, 0.1) is 24.9 Å². The van der Waals surface area contributed by atoms with Gasteiger partial charge in [0.1, 0.15) is 5.82 Å². The van der Waals surface area contributed by atoms with Gasteiger partial charge in [0.25, 0.3) is 0 Å². The minimum Gasteiger partial charge on any atom is -0.378 e. The molecule has 4 rings (SSSR count). The molecule has 0 saturated carbocycles. The second-order valence-electron chi connectivity index (χ2n) is 8.72. The Balaban J connectivity index is 1.44. The van der Waals surface area contributed by atoms with Crippen LogP contribution < -0.4 is 5.32 Å². The summed E-state index contributed by atoms with van der Waals surface area (Å²) in [5.41, 5.74) is 0.815. The highest BCUT2D eigenvalue weighted by molar-refractivity contribution is 7.99. The summed E-state index contributed by atoms with van der Waals surface area (Å²) in [6.45, 7) is 6.18. The van der Waals surface area contributed by atoms with E-state index in [1.54, 1.807) is 12.1 Å². The molecular formula is C23H32FN5O2S. The van der Waals surface area contributed by atoms with Gasteiger partial charge in [-0.15, -0.1) is 10.2 Å². The number of anilines is 1. The van der Waals surface area contributed by atoms with Crippen molar-refractivity contribution in [2.75, 3.05) is 17.7 Å². The molecule has 1 aromatic heterocycles. The van der Waals surface area contributed by atoms with E-state index in [1.165, 1.54) is 30.3 Å². The Bertz CT molecular complexity index is 890. The van der Waals surface area contributed by atoms with E-state index >= 15 is 0 Å². The van der Waals surface area contributed by atoms with Crippen LogP contribution in [0.5, 0.6) is 0 Å². The maximum atomic E-state index is 13.2. The zero-order chi connectivity index (χ0) is 22.5. The highest BCUT2D eigenvalue weighted by Crippen LogP contribution is 2.26. The number of halogens is 1. The van der Waals surface area contributed by atoms with Crippen LogP contribution in [0.3, 0.4) is 0 Å². The number of carbonyl (C=O) groups is 1. The topological polar surface area (TPSA) is 72.3 Å². The van der Waals surface area contributed by atoms with Crippen molar-refractivity contribution in [3.63, 3.8) is 0 Å². The van der Waals surface area contributed by atoms with Gasteiger partial charge in [-0.2, -0.15) is 0 Å². The summed E-state index contributed by atoms with van der Waals surface area (Å²) in [5, 5.41) is 12.8. The first-order valence-corrected chi connectivity index (χ1v) is 12.5. The van der Waals surface area contributed by atoms with E-state index in [1.807, 2.05) is 4.90 Å². The van der Waals surface area contributed by atoms with Crippen molar-refractivity contribution in [1.82, 2.24) is 19.7 Å². The number of ether oxygens (including phenoxy) is 1. The minimum atomic E-state index is -0.266. The summed E-state index contributed by atoms with van der Waals surface area (Å²) in [6.07, 6.45) is 5.51. The summed E-state index contributed by atoms with van der Waals surface area (Å²) in [7, 11) is 0. The summed E-state index contributed by atoms with van der Waals surface area (Å²) >= 11 is 1.45. The Morgan fingerprint density at radius 2 is 1.91 bits per heavy atom. The lowest BCUT2D eigenvalue weighted by atomic mass is 9.98. The van der Waals surface area contributed by atoms with Crippen molar-refractivity contribution in [3.8, 4) is 0 Å². The Labute approximate surface area is 193 Å². The van der Waals surface area contributed by atoms with Gasteiger partial charge < -0.3 is 19.5 Å². The molecule has 3 atom stereocenters. The number of piperidine rings is 1. The van der Waals surface area contributed by atoms with E-state index in [4.69, 9.17) is 4.74 Å². The Kier molecular flexibility index (Phi) is 7.67. The molecule has 2 fully saturated rings. The average Bonchev–Trinajstić information content (AvgIpc) is 3.42. The van der Waals surface area contributed by atoms with Gasteiger partial charge in [-0.05, 0) is 70.2 Å². The van der Waals surface area contributed by atoms with Gasteiger partial charge >= 0.3 is 0 Å². The number of aromatic nitrogens is 3. The predicted octanol–water partition coefficient (Wildman–Crippen LogP) is 4.09. The minimum absolute atomic E-state index is 0.132. The first-order chi connectivity index (χ1) is 15.5. The number of nitrogens with zero attached hydrogens (tertiary/aromatic N) is 4. The summed E-state index contributed by atoms with van der Waals surface area (Å²) < 4.78 is 21.1. The van der Waals surface area contributed by atoms with E-state index in [0.29, 0.717) is 18.8 Å². The standard InChI is InChI=1S/C23H32FN5O2S/c1-16-5-3-6-17(2)29(16)22(30)15-32-23-27-26-21(28(23)14-20-7-4-12-31-20)13-25-19-10-8-18(24)9-11-19/h8-11,16-17,20,25H,3-7,12-15H2,1-2H3/t16-,17-,20+/m1/s1. The van der Waals surface area contributed by atoms with Gasteiger partial charge in [0, 0.05) is 24.4 Å². The molecule has 7 nitrogen and oxygen atoms in total. The maximum absolute atomic E-state index is 13.2. The largest absolute Gasteiger partial charge is 0.378 e. The second kappa shape index (κ2) is 10.7. The number of nitrogens with one attached hydrogen (secondary N) is 1. The molecule has 1 N–H and O–H groups in total. The Morgan fingerprint density at radius 1 is 1.16 bits per heavy atom. The van der Waals surface area contributed by atoms with Crippen LogP contribution in [-0.4, -0.2) is 56.1 Å². The van der Waals surface area contributed by atoms with Crippen LogP contribution in [0.4, 0.5) is 10.1 Å². The molecule has 0 bridgehead atoms. The molecule has 9 heteroatoms. The van der Waals surface area contributed by atoms with Crippen LogP contribution in [-0.2, 0) is 22.6 Å². The number of likely N-dealkylation sites (tertiary alicyclic amines) is 1. The number of hydrogen-bond acceptors (Lipinski definition) is 6. The van der Waals surface area contributed by atoms with Gasteiger partial charge in [0.15, 0.2) is 11.0 Å². The third-order valence-electron chi connectivity index (χ3n) is 6.30. The molecule has 0 spiro atoms. The summed E-state index contributed by atoms with van der Waals surface area (Å²) in [5.74, 6) is 1.02. The molecule has 2 saturated heterocycles. The highest BCUT2D eigenvalue weighted by atomic mass is 32.2. The quantitative estimate of drug-likeness (QED) is 0.597. The van der Waals surface area contributed by atoms with Crippen molar-refractivity contribution in [3.05, 3.63) is 35.9 Å². The second-order valence-corrected chi connectivity index (χ2v) is 9.67. The fraction of sp³-hybridized carbons (Fsp3) is 0.609. The van der Waals surface area contributed by atoms with Gasteiger partial charge in [0.2, 0.25) is 5.91 Å². The van der Waals surface area contributed by atoms with E-state index in [0.717, 1.165) is 49.0 Å². The molecule has 2 aliphatic rings. The van der Waals surface area contributed by atoms with Crippen molar-refractivity contribution in [1.29, 1.82) is 0 Å². The summed E-state index contributed by atoms with van der Waals surface area (Å²) in [4.78, 5) is 15.0. The fourth-order valence-corrected chi connectivity index (χ4v) is 5.43. The monoisotopic (exact) mass is 461 g/mol. The molecule has 0 radical (unpaired) electrons. The van der Waals surface area contributed by atoms with Crippen molar-refractivity contribution >= 4 is 23.4 Å². The molecule has 0 unspecified atom stereocenters. The highest BCUT2D eigenvalue weighted by Gasteiger charge is 2.29. The third kappa shape index (κ3) is 5.61. The van der Waals surface area contributed by atoms with Gasteiger partial charge in [-0.3, -0.25) is 4.79 Å². The number of amides is 1. The van der Waals surface area contributed by atoms with Crippen molar-refractivity contribution in [2.24, 2.45) is 0 Å². The summed E-state index contributed by atoms with van der Waals surface area (Å²) in [6, 6.07) is 6.82. The smallest absolute Gasteiger partial charge is 0.233 e. The predicted molar refractivity (Wildman–Crippen MR) is 123 cm³/mol. The van der Waals surface area contributed by atoms with E-state index < -0.39 is 0 Å². The number of thioether (sulfide) groups is 1. The molecular weight excluding hydrogens is 429 g/mol. The maximum Gasteiger partial charge on any atom is 0.233 e. The first-order valence-electron chi connectivity index (χ1n) is 11.5. The first kappa shape index (κ1) is 23.0. The average molecular weight is 462 g/mol. The molecule has 0 aliphatic carbocycles. The zero-order valence-corrected chi connectivity index (χ0v) is 19.6. The third-order valence-corrected chi connectivity index (χ3v) is 7.26. The van der Waals surface area contributed by atoms with Crippen molar-refractivity contribution in [2.45, 2.75) is 82.4 Å². The molecule has 174 valence electrons. The van der Waals surface area contributed by atoms with Crippen LogP contribution >= 0.6 is 11.8 Å². The number of rotatable bonds is 8. The van der Waals surface area contributed by atoms with Crippen LogP contribution in [0, 0.1) is 5.82 Å². The molecule has 1 aromatic carbocycles. The van der Waals surface area contributed by atoms with E-state index in [2.05, 4.69) is 33.9 Å². The SMILES string of the molecule is C[C@@H]1CCC[C@@H](C)N1C(=O)CSc1nnc(CNc2ccc(F)cc2)n1C[C@@H]1CCCO1. The Hall–Kier alpha value is -2.13. The molecule has 32 heavy (non-hydrogen) atoms. The molecule has 3 heterocycles. The normalized spacial score (nSPS) is 23.5. The molecule has 1 amide bonds. The molecule has 2 aromatic rings. The van der Waals surface area contributed by atoms with E-state index in [-0.39, 0.29) is 29.9 Å². The number of hydrogen-bond donors (Lipinski definition) is 1. The zero-order valence-electron chi connectivity index (χ0n) is 18.8. The Morgan fingerprint density at radius 3 is 2.59 bits per heavy atom. The van der Waals surface area contributed by atoms with Crippen molar-refractivity contribution < 1.29 is 13.9 Å². The lowest BCUT2D eigenvalue weighted by molar-refractivity contribution is -0.134. The van der Waals surface area contributed by atoms with Gasteiger partial charge in [-0.1, -0.05) is 11.8 Å². The van der Waals surface area contributed by atoms with Crippen LogP contribution in [0.15, 0.2) is 29.4 Å². The van der Waals surface area contributed by atoms with Gasteiger partial charge in [-0.25, -0.2) is 4.39 Å². The fourth-order valence-electron chi connectivity index (χ4n) is 4.59. The lowest BCUT2D eigenvalue weighted by Crippen LogP contribution is -2.48. The van der Waals surface area contributed by atoms with E-state index in [9.17, 15) is 9.18 Å². The van der Waals surface area contributed by atoms with Crippen LogP contribution in [0.25, 0.3) is 0 Å².